The molecule has 1 aromatic carbocycles. The number of hydrogen-bond acceptors (Lipinski definition) is 4. The van der Waals surface area contributed by atoms with Gasteiger partial charge in [-0.05, 0) is 37.8 Å². The molecule has 0 bridgehead atoms. The number of nitrogens with one attached hydrogen (secondary N) is 1. The second-order valence-corrected chi connectivity index (χ2v) is 6.13. The summed E-state index contributed by atoms with van der Waals surface area (Å²) in [4.78, 5) is 12.2. The van der Waals surface area contributed by atoms with Crippen molar-refractivity contribution in [3.8, 4) is 11.4 Å². The van der Waals surface area contributed by atoms with Crippen molar-refractivity contribution in [3.05, 3.63) is 30.6 Å². The minimum atomic E-state index is 0.0291. The molecule has 122 valence electrons. The van der Waals surface area contributed by atoms with E-state index in [9.17, 15) is 4.79 Å². The lowest BCUT2D eigenvalue weighted by molar-refractivity contribution is -0.117. The van der Waals surface area contributed by atoms with Crippen molar-refractivity contribution in [1.82, 2.24) is 14.8 Å². The zero-order valence-corrected chi connectivity index (χ0v) is 13.4. The van der Waals surface area contributed by atoms with Gasteiger partial charge in [0.2, 0.25) is 5.91 Å². The third kappa shape index (κ3) is 3.59. The van der Waals surface area contributed by atoms with Crippen LogP contribution in [0.3, 0.4) is 0 Å². The van der Waals surface area contributed by atoms with Crippen LogP contribution < -0.4 is 11.1 Å². The largest absolute Gasteiger partial charge is 0.327 e. The Bertz CT molecular complexity index is 681. The van der Waals surface area contributed by atoms with Gasteiger partial charge in [-0.25, -0.2) is 0 Å². The third-order valence-electron chi connectivity index (χ3n) is 4.53. The zero-order valence-electron chi connectivity index (χ0n) is 13.4. The number of rotatable bonds is 5. The van der Waals surface area contributed by atoms with E-state index >= 15 is 0 Å². The van der Waals surface area contributed by atoms with Gasteiger partial charge in [-0.1, -0.05) is 18.6 Å². The number of amides is 1. The van der Waals surface area contributed by atoms with Gasteiger partial charge in [-0.15, -0.1) is 10.2 Å². The molecule has 0 radical (unpaired) electrons. The lowest BCUT2D eigenvalue weighted by atomic mass is 10.00. The van der Waals surface area contributed by atoms with Gasteiger partial charge in [-0.2, -0.15) is 0 Å². The molecule has 3 N–H and O–H groups in total. The molecule has 2 aromatic rings. The van der Waals surface area contributed by atoms with Crippen LogP contribution in [-0.2, 0) is 11.3 Å². The molecule has 0 spiro atoms. The Morgan fingerprint density at radius 2 is 2.30 bits per heavy atom. The van der Waals surface area contributed by atoms with Crippen LogP contribution in [0.2, 0.25) is 0 Å². The second-order valence-electron chi connectivity index (χ2n) is 6.13. The van der Waals surface area contributed by atoms with Gasteiger partial charge < -0.3 is 15.6 Å². The van der Waals surface area contributed by atoms with Crippen LogP contribution in [0.15, 0.2) is 30.6 Å². The van der Waals surface area contributed by atoms with Crippen molar-refractivity contribution in [2.24, 2.45) is 11.7 Å². The maximum Gasteiger partial charge on any atom is 0.224 e. The summed E-state index contributed by atoms with van der Waals surface area (Å²) in [6.07, 6.45) is 5.41. The predicted octanol–water partition coefficient (Wildman–Crippen LogP) is 2.42. The average molecular weight is 313 g/mol. The minimum Gasteiger partial charge on any atom is -0.327 e. The molecule has 0 unspecified atom stereocenters. The molecule has 23 heavy (non-hydrogen) atoms. The van der Waals surface area contributed by atoms with Crippen LogP contribution in [0.5, 0.6) is 0 Å². The Morgan fingerprint density at radius 3 is 3.04 bits per heavy atom. The maximum absolute atomic E-state index is 12.2. The summed E-state index contributed by atoms with van der Waals surface area (Å²) in [5.74, 6) is 1.14. The minimum absolute atomic E-state index is 0.0291. The molecule has 1 fully saturated rings. The molecule has 1 aromatic heterocycles. The summed E-state index contributed by atoms with van der Waals surface area (Å²) in [6.45, 7) is 2.85. The number of aromatic nitrogens is 3. The van der Waals surface area contributed by atoms with Gasteiger partial charge in [0.15, 0.2) is 5.82 Å². The number of benzene rings is 1. The van der Waals surface area contributed by atoms with Crippen LogP contribution in [0.1, 0.15) is 32.6 Å². The van der Waals surface area contributed by atoms with E-state index in [0.29, 0.717) is 12.3 Å². The molecule has 2 atom stereocenters. The van der Waals surface area contributed by atoms with Crippen molar-refractivity contribution in [1.29, 1.82) is 0 Å². The first-order chi connectivity index (χ1) is 11.2. The number of nitrogens with two attached hydrogens (primary N) is 1. The number of nitrogens with zero attached hydrogens (tertiary/aromatic N) is 3. The smallest absolute Gasteiger partial charge is 0.224 e. The van der Waals surface area contributed by atoms with E-state index in [1.165, 1.54) is 0 Å². The first-order valence-electron chi connectivity index (χ1n) is 8.21. The molecule has 3 rings (SSSR count). The van der Waals surface area contributed by atoms with Crippen molar-refractivity contribution >= 4 is 11.6 Å². The van der Waals surface area contributed by atoms with Crippen molar-refractivity contribution in [3.63, 3.8) is 0 Å². The third-order valence-corrected chi connectivity index (χ3v) is 4.53. The fourth-order valence-electron chi connectivity index (χ4n) is 3.22. The van der Waals surface area contributed by atoms with E-state index in [4.69, 9.17) is 5.73 Å². The van der Waals surface area contributed by atoms with Gasteiger partial charge in [-0.3, -0.25) is 4.79 Å². The molecule has 1 amide bonds. The predicted molar refractivity (Wildman–Crippen MR) is 89.7 cm³/mol. The zero-order chi connectivity index (χ0) is 16.2. The standard InChI is InChI=1S/C17H23N5O/c1-2-22-11-19-21-17(22)13-6-3-7-14(9-13)20-16(23)10-12-5-4-8-15(12)18/h3,6-7,9,11-12,15H,2,4-5,8,10,18H2,1H3,(H,20,23)/t12-,15+/m0/s1. The highest BCUT2D eigenvalue weighted by Crippen LogP contribution is 2.27. The number of carbonyl (C=O) groups excluding carboxylic acids is 1. The fraction of sp³-hybridized carbons (Fsp3) is 0.471. The molecule has 1 saturated carbocycles. The summed E-state index contributed by atoms with van der Waals surface area (Å²) in [7, 11) is 0. The van der Waals surface area contributed by atoms with Crippen LogP contribution in [0, 0.1) is 5.92 Å². The number of aryl methyl sites for hydroxylation is 1. The van der Waals surface area contributed by atoms with Gasteiger partial charge in [0.1, 0.15) is 6.33 Å². The molecule has 1 heterocycles. The fourth-order valence-corrected chi connectivity index (χ4v) is 3.22. The van der Waals surface area contributed by atoms with E-state index in [1.807, 2.05) is 35.8 Å². The number of hydrogen-bond donors (Lipinski definition) is 2. The van der Waals surface area contributed by atoms with E-state index in [-0.39, 0.29) is 11.9 Å². The van der Waals surface area contributed by atoms with Gasteiger partial charge in [0, 0.05) is 30.3 Å². The number of carbonyl (C=O) groups is 1. The Kier molecular flexibility index (Phi) is 4.71. The van der Waals surface area contributed by atoms with Crippen LogP contribution in [-0.4, -0.2) is 26.7 Å². The van der Waals surface area contributed by atoms with Crippen molar-refractivity contribution in [2.75, 3.05) is 5.32 Å². The first-order valence-corrected chi connectivity index (χ1v) is 8.21. The van der Waals surface area contributed by atoms with E-state index in [0.717, 1.165) is 42.9 Å². The summed E-state index contributed by atoms with van der Waals surface area (Å²) in [6, 6.07) is 7.88. The van der Waals surface area contributed by atoms with Gasteiger partial charge >= 0.3 is 0 Å². The quantitative estimate of drug-likeness (QED) is 0.887. The average Bonchev–Trinajstić information content (AvgIpc) is 3.17. The maximum atomic E-state index is 12.2. The lowest BCUT2D eigenvalue weighted by Crippen LogP contribution is -2.28. The molecule has 0 saturated heterocycles. The SMILES string of the molecule is CCn1cnnc1-c1cccc(NC(=O)C[C@@H]2CCC[C@H]2N)c1. The Balaban J connectivity index is 1.69. The lowest BCUT2D eigenvalue weighted by Gasteiger charge is -2.15. The summed E-state index contributed by atoms with van der Waals surface area (Å²) < 4.78 is 1.97. The van der Waals surface area contributed by atoms with Crippen molar-refractivity contribution in [2.45, 2.75) is 45.2 Å². The molecule has 6 nitrogen and oxygen atoms in total. The Hall–Kier alpha value is -2.21. The van der Waals surface area contributed by atoms with E-state index in [2.05, 4.69) is 15.5 Å². The highest BCUT2D eigenvalue weighted by atomic mass is 16.1. The van der Waals surface area contributed by atoms with Crippen LogP contribution >= 0.6 is 0 Å². The molecule has 6 heteroatoms. The Labute approximate surface area is 136 Å². The van der Waals surface area contributed by atoms with Crippen LogP contribution in [0.4, 0.5) is 5.69 Å². The molecule has 1 aliphatic carbocycles. The molecular weight excluding hydrogens is 290 g/mol. The summed E-state index contributed by atoms with van der Waals surface area (Å²) in [5, 5.41) is 11.1. The van der Waals surface area contributed by atoms with Crippen LogP contribution in [0.25, 0.3) is 11.4 Å². The van der Waals surface area contributed by atoms with Gasteiger partial charge in [0.25, 0.3) is 0 Å². The second kappa shape index (κ2) is 6.91. The van der Waals surface area contributed by atoms with E-state index < -0.39 is 0 Å². The number of anilines is 1. The highest BCUT2D eigenvalue weighted by Gasteiger charge is 2.26. The monoisotopic (exact) mass is 313 g/mol. The molecule has 0 aliphatic heterocycles. The van der Waals surface area contributed by atoms with Gasteiger partial charge in [0.05, 0.1) is 0 Å². The Morgan fingerprint density at radius 1 is 1.43 bits per heavy atom. The van der Waals surface area contributed by atoms with Crippen molar-refractivity contribution < 1.29 is 4.79 Å². The highest BCUT2D eigenvalue weighted by molar-refractivity contribution is 5.91. The molecular formula is C17H23N5O. The van der Waals surface area contributed by atoms with E-state index in [1.54, 1.807) is 6.33 Å². The topological polar surface area (TPSA) is 85.8 Å². The molecule has 1 aliphatic rings. The summed E-state index contributed by atoms with van der Waals surface area (Å²) in [5.41, 5.74) is 7.77. The summed E-state index contributed by atoms with van der Waals surface area (Å²) >= 11 is 0. The normalized spacial score (nSPS) is 20.6. The first kappa shape index (κ1) is 15.7.